The van der Waals surface area contributed by atoms with E-state index in [1.165, 1.54) is 133 Å². The van der Waals surface area contributed by atoms with Crippen LogP contribution in [0, 0.1) is 0 Å². The Morgan fingerprint density at radius 3 is 1.30 bits per heavy atom. The molecular weight excluding hydrogens is 330 g/mol. The van der Waals surface area contributed by atoms with Gasteiger partial charge in [-0.2, -0.15) is 0 Å². The summed E-state index contributed by atoms with van der Waals surface area (Å²) >= 11 is 0. The number of epoxide rings is 1. The van der Waals surface area contributed by atoms with Gasteiger partial charge in [0.1, 0.15) is 12.6 Å². The van der Waals surface area contributed by atoms with Crippen LogP contribution < -0.4 is 0 Å². The summed E-state index contributed by atoms with van der Waals surface area (Å²) < 4.78 is 6.77. The van der Waals surface area contributed by atoms with Crippen molar-refractivity contribution in [1.82, 2.24) is 0 Å². The number of ether oxygens (including phenoxy) is 1. The summed E-state index contributed by atoms with van der Waals surface area (Å²) in [4.78, 5) is 0. The van der Waals surface area contributed by atoms with Gasteiger partial charge in [-0.3, -0.25) is 0 Å². The molecule has 0 saturated carbocycles. The van der Waals surface area contributed by atoms with Gasteiger partial charge >= 0.3 is 0 Å². The highest BCUT2D eigenvalue weighted by Gasteiger charge is 2.34. The maximum Gasteiger partial charge on any atom is 0.130 e. The van der Waals surface area contributed by atoms with E-state index in [1.54, 1.807) is 0 Å². The molecule has 0 bridgehead atoms. The fourth-order valence-corrected chi connectivity index (χ4v) is 4.49. The first-order valence-electron chi connectivity index (χ1n) is 12.7. The van der Waals surface area contributed by atoms with Gasteiger partial charge in [-0.05, 0) is 26.7 Å². The first-order chi connectivity index (χ1) is 13.3. The van der Waals surface area contributed by atoms with Crippen molar-refractivity contribution in [2.24, 2.45) is 0 Å². The van der Waals surface area contributed by atoms with Crippen LogP contribution in [-0.2, 0) is 4.74 Å². The van der Waals surface area contributed by atoms with Crippen LogP contribution in [0.2, 0.25) is 0 Å². The quantitative estimate of drug-likeness (QED) is 0.114. The molecule has 0 aliphatic carbocycles. The molecule has 1 heterocycles. The molecule has 27 heavy (non-hydrogen) atoms. The van der Waals surface area contributed by atoms with E-state index in [1.807, 2.05) is 0 Å². The van der Waals surface area contributed by atoms with E-state index < -0.39 is 0 Å². The lowest BCUT2D eigenvalue weighted by Gasteiger charge is -2.36. The van der Waals surface area contributed by atoms with Gasteiger partial charge < -0.3 is 9.22 Å². The van der Waals surface area contributed by atoms with Gasteiger partial charge in [0.15, 0.2) is 0 Å². The first kappa shape index (κ1) is 25.0. The van der Waals surface area contributed by atoms with Crippen molar-refractivity contribution in [3.63, 3.8) is 0 Å². The Bertz CT molecular complexity index is 309. The molecule has 1 rings (SSSR count). The second-order valence-corrected chi connectivity index (χ2v) is 9.14. The summed E-state index contributed by atoms with van der Waals surface area (Å²) in [7, 11) is 0. The summed E-state index contributed by atoms with van der Waals surface area (Å²) in [6, 6.07) is 0. The third-order valence-corrected chi connectivity index (χ3v) is 6.82. The van der Waals surface area contributed by atoms with Gasteiger partial charge in [0, 0.05) is 0 Å². The molecule has 0 radical (unpaired) electrons. The highest BCUT2D eigenvalue weighted by molar-refractivity contribution is 4.68. The molecule has 0 aromatic carbocycles. The Kier molecular flexibility index (Phi) is 15.6. The number of quaternary nitrogens is 1. The van der Waals surface area contributed by atoms with Crippen LogP contribution in [-0.4, -0.2) is 43.4 Å². The Labute approximate surface area is 172 Å². The van der Waals surface area contributed by atoms with E-state index in [4.69, 9.17) is 4.74 Å². The molecule has 1 fully saturated rings. The molecule has 0 spiro atoms. The molecule has 0 aromatic rings. The largest absolute Gasteiger partial charge is 0.367 e. The van der Waals surface area contributed by atoms with Crippen molar-refractivity contribution in [1.29, 1.82) is 0 Å². The smallest absolute Gasteiger partial charge is 0.130 e. The van der Waals surface area contributed by atoms with Gasteiger partial charge in [0.05, 0.1) is 26.2 Å². The molecule has 2 heteroatoms. The predicted molar refractivity (Wildman–Crippen MR) is 120 cm³/mol. The van der Waals surface area contributed by atoms with Crippen molar-refractivity contribution in [2.75, 3.05) is 32.8 Å². The van der Waals surface area contributed by atoms with E-state index in [0.717, 1.165) is 6.61 Å². The van der Waals surface area contributed by atoms with Crippen molar-refractivity contribution in [2.45, 2.75) is 130 Å². The number of unbranched alkanes of at least 4 members (excludes halogenated alkanes) is 15. The fraction of sp³-hybridized carbons (Fsp3) is 1.00. The van der Waals surface area contributed by atoms with Crippen LogP contribution >= 0.6 is 0 Å². The normalized spacial score (nSPS) is 16.8. The van der Waals surface area contributed by atoms with Gasteiger partial charge in [0.25, 0.3) is 0 Å². The zero-order valence-corrected chi connectivity index (χ0v) is 19.3. The predicted octanol–water partition coefficient (Wildman–Crippen LogP) is 7.50. The van der Waals surface area contributed by atoms with Crippen LogP contribution in [0.4, 0.5) is 0 Å². The Morgan fingerprint density at radius 1 is 0.593 bits per heavy atom. The van der Waals surface area contributed by atoms with Gasteiger partial charge in [-0.15, -0.1) is 0 Å². The van der Waals surface area contributed by atoms with Crippen molar-refractivity contribution in [3.05, 3.63) is 0 Å². The van der Waals surface area contributed by atoms with Crippen LogP contribution in [0.5, 0.6) is 0 Å². The average Bonchev–Trinajstić information content (AvgIpc) is 3.50. The van der Waals surface area contributed by atoms with Gasteiger partial charge in [0.2, 0.25) is 0 Å². The van der Waals surface area contributed by atoms with Gasteiger partial charge in [-0.1, -0.05) is 96.8 Å². The molecule has 162 valence electrons. The van der Waals surface area contributed by atoms with E-state index >= 15 is 0 Å². The number of hydrogen-bond donors (Lipinski definition) is 0. The molecule has 1 saturated heterocycles. The minimum atomic E-state index is 0.575. The van der Waals surface area contributed by atoms with Crippen molar-refractivity contribution < 1.29 is 9.22 Å². The average molecular weight is 383 g/mol. The van der Waals surface area contributed by atoms with Crippen LogP contribution in [0.1, 0.15) is 124 Å². The number of likely N-dealkylation sites (N-methyl/N-ethyl adjacent to an activating group) is 1. The summed E-state index contributed by atoms with van der Waals surface area (Å²) in [5.41, 5.74) is 0. The molecule has 1 atom stereocenters. The molecule has 0 amide bonds. The van der Waals surface area contributed by atoms with E-state index in [-0.39, 0.29) is 0 Å². The van der Waals surface area contributed by atoms with Crippen LogP contribution in [0.25, 0.3) is 0 Å². The second kappa shape index (κ2) is 16.8. The Hall–Kier alpha value is -0.0800. The second-order valence-electron chi connectivity index (χ2n) is 9.14. The number of rotatable bonds is 21. The molecule has 1 aliphatic rings. The monoisotopic (exact) mass is 382 g/mol. The molecule has 0 N–H and O–H groups in total. The van der Waals surface area contributed by atoms with E-state index in [2.05, 4.69) is 20.8 Å². The molecule has 1 unspecified atom stereocenters. The Morgan fingerprint density at radius 2 is 0.963 bits per heavy atom. The standard InChI is InChI=1S/C25H52NO/c1-4-7-8-9-10-11-12-13-14-15-16-17-18-19-20-21-22-26(5-2,6-3)23-25-24-27-25/h25H,4-24H2,1-3H3/q+1. The number of hydrogen-bond acceptors (Lipinski definition) is 1. The fourth-order valence-electron chi connectivity index (χ4n) is 4.49. The highest BCUT2D eigenvalue weighted by atomic mass is 16.6. The maximum atomic E-state index is 5.48. The minimum Gasteiger partial charge on any atom is -0.367 e. The Balaban J connectivity index is 1.81. The van der Waals surface area contributed by atoms with Gasteiger partial charge in [-0.25, -0.2) is 0 Å². The topological polar surface area (TPSA) is 12.5 Å². The molecule has 2 nitrogen and oxygen atoms in total. The highest BCUT2D eigenvalue weighted by Crippen LogP contribution is 2.19. The third-order valence-electron chi connectivity index (χ3n) is 6.82. The van der Waals surface area contributed by atoms with Crippen LogP contribution in [0.3, 0.4) is 0 Å². The van der Waals surface area contributed by atoms with Crippen molar-refractivity contribution >= 4 is 0 Å². The zero-order valence-electron chi connectivity index (χ0n) is 19.3. The lowest BCUT2D eigenvalue weighted by Crippen LogP contribution is -2.50. The lowest BCUT2D eigenvalue weighted by molar-refractivity contribution is -0.925. The lowest BCUT2D eigenvalue weighted by atomic mass is 10.0. The van der Waals surface area contributed by atoms with Crippen molar-refractivity contribution in [3.8, 4) is 0 Å². The van der Waals surface area contributed by atoms with Crippen LogP contribution in [0.15, 0.2) is 0 Å². The van der Waals surface area contributed by atoms with E-state index in [9.17, 15) is 0 Å². The van der Waals surface area contributed by atoms with E-state index in [0.29, 0.717) is 6.10 Å². The minimum absolute atomic E-state index is 0.575. The summed E-state index contributed by atoms with van der Waals surface area (Å²) in [5, 5.41) is 0. The molecule has 0 aromatic heterocycles. The molecule has 1 aliphatic heterocycles. The SMILES string of the molecule is CCCCCCCCCCCCCCCCCC[N+](CC)(CC)CC1CO1. The summed E-state index contributed by atoms with van der Waals surface area (Å²) in [5.74, 6) is 0. The summed E-state index contributed by atoms with van der Waals surface area (Å²) in [6.07, 6.45) is 23.9. The first-order valence-corrected chi connectivity index (χ1v) is 12.7. The maximum absolute atomic E-state index is 5.48. The summed E-state index contributed by atoms with van der Waals surface area (Å²) in [6.45, 7) is 13.2. The third kappa shape index (κ3) is 13.7. The zero-order chi connectivity index (χ0) is 19.6. The number of nitrogens with zero attached hydrogens (tertiary/aromatic N) is 1. The molecular formula is C25H52NO+.